The number of aromatic nitrogens is 4. The Morgan fingerprint density at radius 2 is 2.09 bits per heavy atom. The summed E-state index contributed by atoms with van der Waals surface area (Å²) in [6, 6.07) is 5.53. The highest BCUT2D eigenvalue weighted by Gasteiger charge is 2.26. The van der Waals surface area contributed by atoms with Gasteiger partial charge in [-0.1, -0.05) is 0 Å². The average molecular weight is 459 g/mol. The van der Waals surface area contributed by atoms with Gasteiger partial charge in [0, 0.05) is 37.0 Å². The number of anilines is 1. The average Bonchev–Trinajstić information content (AvgIpc) is 3.29. The highest BCUT2D eigenvalue weighted by molar-refractivity contribution is 7.39. The van der Waals surface area contributed by atoms with Crippen LogP contribution in [0.15, 0.2) is 30.6 Å². The van der Waals surface area contributed by atoms with Crippen molar-refractivity contribution in [2.75, 3.05) is 31.3 Å². The zero-order valence-electron chi connectivity index (χ0n) is 17.8. The van der Waals surface area contributed by atoms with E-state index in [1.165, 1.54) is 0 Å². The standard InChI is InChI=1S/C21H26N5O5P/c1-14-13-29-11-9-25(14)18-12-17(31-32(27)28)15-5-7-22-21(20(15)24-18)16-6-8-23-26(16)19-4-2-3-10-30-19/h5-8,12,14,19,27-28H,2-4,9-11,13H2,1H3/t14-,19?/m1/s1. The molecule has 5 rings (SSSR count). The van der Waals surface area contributed by atoms with Gasteiger partial charge >= 0.3 is 8.60 Å². The van der Waals surface area contributed by atoms with Crippen molar-refractivity contribution >= 4 is 25.3 Å². The van der Waals surface area contributed by atoms with Gasteiger partial charge in [0.15, 0.2) is 6.23 Å². The molecule has 0 bridgehead atoms. The first kappa shape index (κ1) is 21.5. The molecule has 3 aromatic heterocycles. The fourth-order valence-corrected chi connectivity index (χ4v) is 4.65. The number of rotatable bonds is 5. The molecule has 0 amide bonds. The third kappa shape index (κ3) is 4.16. The molecule has 170 valence electrons. The largest absolute Gasteiger partial charge is 0.426 e. The lowest BCUT2D eigenvalue weighted by molar-refractivity contribution is -0.0383. The minimum absolute atomic E-state index is 0.118. The van der Waals surface area contributed by atoms with Crippen molar-refractivity contribution in [1.82, 2.24) is 19.7 Å². The lowest BCUT2D eigenvalue weighted by atomic mass is 10.1. The van der Waals surface area contributed by atoms with Crippen LogP contribution >= 0.6 is 8.60 Å². The van der Waals surface area contributed by atoms with E-state index in [1.54, 1.807) is 24.5 Å². The number of hydrogen-bond acceptors (Lipinski definition) is 9. The molecule has 0 radical (unpaired) electrons. The van der Waals surface area contributed by atoms with Crippen LogP contribution in [0, 0.1) is 0 Å². The van der Waals surface area contributed by atoms with Crippen molar-refractivity contribution in [3.63, 3.8) is 0 Å². The molecule has 5 heterocycles. The first-order valence-electron chi connectivity index (χ1n) is 10.8. The van der Waals surface area contributed by atoms with Gasteiger partial charge in [0.2, 0.25) is 0 Å². The molecule has 2 aliphatic rings. The summed E-state index contributed by atoms with van der Waals surface area (Å²) in [6.45, 7) is 4.64. The molecule has 2 atom stereocenters. The van der Waals surface area contributed by atoms with Crippen LogP contribution in [0.5, 0.6) is 5.75 Å². The molecular weight excluding hydrogens is 433 g/mol. The molecule has 0 aliphatic carbocycles. The van der Waals surface area contributed by atoms with Crippen LogP contribution < -0.4 is 9.42 Å². The van der Waals surface area contributed by atoms with E-state index < -0.39 is 8.60 Å². The van der Waals surface area contributed by atoms with E-state index in [2.05, 4.69) is 21.9 Å². The van der Waals surface area contributed by atoms with Crippen LogP contribution in [-0.4, -0.2) is 61.9 Å². The van der Waals surface area contributed by atoms with E-state index >= 15 is 0 Å². The van der Waals surface area contributed by atoms with Crippen molar-refractivity contribution in [2.45, 2.75) is 38.5 Å². The van der Waals surface area contributed by atoms with Gasteiger partial charge in [-0.2, -0.15) is 5.10 Å². The van der Waals surface area contributed by atoms with Crippen LogP contribution in [0.4, 0.5) is 5.82 Å². The summed E-state index contributed by atoms with van der Waals surface area (Å²) in [5, 5.41) is 5.15. The smallest absolute Gasteiger partial charge is 0.391 e. The van der Waals surface area contributed by atoms with E-state index in [9.17, 15) is 9.79 Å². The van der Waals surface area contributed by atoms with Crippen LogP contribution in [-0.2, 0) is 9.47 Å². The van der Waals surface area contributed by atoms with Gasteiger partial charge in [-0.05, 0) is 38.3 Å². The molecule has 2 aliphatic heterocycles. The third-order valence-electron chi connectivity index (χ3n) is 5.86. The summed E-state index contributed by atoms with van der Waals surface area (Å²) < 4.78 is 18.8. The Balaban J connectivity index is 1.66. The van der Waals surface area contributed by atoms with Crippen molar-refractivity contribution < 1.29 is 23.8 Å². The SMILES string of the molecule is C[C@@H]1COCCN1c1cc(OP(O)O)c2ccnc(-c3ccnn3C3CCCCO3)c2n1. The molecular formula is C21H26N5O5P. The highest BCUT2D eigenvalue weighted by atomic mass is 31.2. The molecule has 0 spiro atoms. The number of morpholine rings is 1. The maximum Gasteiger partial charge on any atom is 0.391 e. The second kappa shape index (κ2) is 9.25. The maximum absolute atomic E-state index is 9.58. The van der Waals surface area contributed by atoms with Gasteiger partial charge in [-0.25, -0.2) is 9.67 Å². The lowest BCUT2D eigenvalue weighted by Gasteiger charge is -2.34. The topological polar surface area (TPSA) is 115 Å². The molecule has 0 saturated carbocycles. The number of pyridine rings is 2. The lowest BCUT2D eigenvalue weighted by Crippen LogP contribution is -2.44. The molecule has 2 fully saturated rings. The monoisotopic (exact) mass is 459 g/mol. The van der Waals surface area contributed by atoms with Gasteiger partial charge in [0.1, 0.15) is 22.8 Å². The molecule has 2 saturated heterocycles. The Morgan fingerprint density at radius 1 is 1.19 bits per heavy atom. The van der Waals surface area contributed by atoms with Crippen LogP contribution in [0.2, 0.25) is 0 Å². The summed E-state index contributed by atoms with van der Waals surface area (Å²) >= 11 is 0. The van der Waals surface area contributed by atoms with E-state index in [1.807, 2.05) is 10.7 Å². The fourth-order valence-electron chi connectivity index (χ4n) is 4.32. The Hall–Kier alpha value is -2.36. The van der Waals surface area contributed by atoms with E-state index in [0.29, 0.717) is 54.5 Å². The minimum Gasteiger partial charge on any atom is -0.426 e. The third-order valence-corrected chi connectivity index (χ3v) is 6.22. The van der Waals surface area contributed by atoms with Gasteiger partial charge in [-0.15, -0.1) is 0 Å². The number of ether oxygens (including phenoxy) is 2. The van der Waals surface area contributed by atoms with Crippen LogP contribution in [0.3, 0.4) is 0 Å². The molecule has 32 heavy (non-hydrogen) atoms. The summed E-state index contributed by atoms with van der Waals surface area (Å²) in [5.41, 5.74) is 2.04. The molecule has 0 aromatic carbocycles. The Kier molecular flexibility index (Phi) is 6.21. The number of nitrogens with zero attached hydrogens (tertiary/aromatic N) is 5. The Bertz CT molecular complexity index is 1090. The first-order chi connectivity index (χ1) is 15.6. The molecule has 3 aromatic rings. The van der Waals surface area contributed by atoms with Crippen molar-refractivity contribution in [1.29, 1.82) is 0 Å². The number of fused-ring (bicyclic) bond motifs is 1. The minimum atomic E-state index is -2.59. The van der Waals surface area contributed by atoms with Crippen LogP contribution in [0.25, 0.3) is 22.3 Å². The zero-order chi connectivity index (χ0) is 22.1. The predicted octanol–water partition coefficient (Wildman–Crippen LogP) is 3.01. The highest BCUT2D eigenvalue weighted by Crippen LogP contribution is 2.40. The van der Waals surface area contributed by atoms with Crippen molar-refractivity contribution in [2.24, 2.45) is 0 Å². The van der Waals surface area contributed by atoms with Gasteiger partial charge < -0.3 is 28.7 Å². The van der Waals surface area contributed by atoms with E-state index in [-0.39, 0.29) is 12.3 Å². The zero-order valence-corrected chi connectivity index (χ0v) is 18.7. The molecule has 11 heteroatoms. The fraction of sp³-hybridized carbons (Fsp3) is 0.476. The summed E-state index contributed by atoms with van der Waals surface area (Å²) in [6.07, 6.45) is 6.27. The molecule has 2 N–H and O–H groups in total. The quantitative estimate of drug-likeness (QED) is 0.556. The van der Waals surface area contributed by atoms with Gasteiger partial charge in [0.05, 0.1) is 24.9 Å². The second-order valence-corrected chi connectivity index (χ2v) is 8.67. The Labute approximate surface area is 186 Å². The van der Waals surface area contributed by atoms with Crippen molar-refractivity contribution in [3.8, 4) is 17.1 Å². The number of hydrogen-bond donors (Lipinski definition) is 2. The predicted molar refractivity (Wildman–Crippen MR) is 119 cm³/mol. The normalized spacial score (nSPS) is 21.9. The maximum atomic E-state index is 9.58. The summed E-state index contributed by atoms with van der Waals surface area (Å²) in [4.78, 5) is 30.9. The summed E-state index contributed by atoms with van der Waals surface area (Å²) in [7, 11) is -2.59. The summed E-state index contributed by atoms with van der Waals surface area (Å²) in [5.74, 6) is 1.03. The van der Waals surface area contributed by atoms with Gasteiger partial charge in [-0.3, -0.25) is 4.98 Å². The Morgan fingerprint density at radius 3 is 2.88 bits per heavy atom. The van der Waals surface area contributed by atoms with Gasteiger partial charge in [0.25, 0.3) is 0 Å². The molecule has 1 unspecified atom stereocenters. The van der Waals surface area contributed by atoms with E-state index in [0.717, 1.165) is 25.0 Å². The second-order valence-electron chi connectivity index (χ2n) is 7.98. The van der Waals surface area contributed by atoms with Crippen LogP contribution in [0.1, 0.15) is 32.4 Å². The van der Waals surface area contributed by atoms with E-state index in [4.69, 9.17) is 19.0 Å². The molecule has 10 nitrogen and oxygen atoms in total. The first-order valence-corrected chi connectivity index (χ1v) is 11.9. The van der Waals surface area contributed by atoms with Crippen molar-refractivity contribution in [3.05, 3.63) is 30.6 Å².